The minimum Gasteiger partial charge on any atom is -0.479 e. The zero-order chi connectivity index (χ0) is 14.1. The lowest BCUT2D eigenvalue weighted by Gasteiger charge is -2.23. The molecule has 3 rings (SSSR count). The predicted molar refractivity (Wildman–Crippen MR) is 85.3 cm³/mol. The summed E-state index contributed by atoms with van der Waals surface area (Å²) in [4.78, 5) is 23.6. The fraction of sp³-hybridized carbons (Fsp3) is 0.385. The minimum absolute atomic E-state index is 0. The third-order valence-corrected chi connectivity index (χ3v) is 4.15. The standard InChI is InChI=1S/C13H15N3O3S.ClH/c1-7-12(17)16-9-4-8(2-3-11(9)19-7)15-13(18)10-5-20-6-14-10;/h2-4,7,10,14H,5-6H2,1H3,(H,15,18)(H,16,17);1H. The molecule has 2 aliphatic rings. The summed E-state index contributed by atoms with van der Waals surface area (Å²) in [6.45, 7) is 1.69. The van der Waals surface area contributed by atoms with Crippen LogP contribution < -0.4 is 20.7 Å². The Morgan fingerprint density at radius 3 is 3.00 bits per heavy atom. The maximum absolute atomic E-state index is 12.0. The van der Waals surface area contributed by atoms with Gasteiger partial charge in [-0.1, -0.05) is 0 Å². The van der Waals surface area contributed by atoms with Gasteiger partial charge in [0.05, 0.1) is 11.7 Å². The minimum atomic E-state index is -0.498. The number of nitrogens with one attached hydrogen (secondary N) is 3. The van der Waals surface area contributed by atoms with Gasteiger partial charge < -0.3 is 15.4 Å². The lowest BCUT2D eigenvalue weighted by atomic mass is 10.2. The van der Waals surface area contributed by atoms with Crippen molar-refractivity contribution < 1.29 is 14.3 Å². The molecule has 0 aliphatic carbocycles. The van der Waals surface area contributed by atoms with Crippen LogP contribution in [-0.4, -0.2) is 35.6 Å². The van der Waals surface area contributed by atoms with Crippen molar-refractivity contribution in [2.45, 2.75) is 19.1 Å². The quantitative estimate of drug-likeness (QED) is 0.765. The van der Waals surface area contributed by atoms with E-state index in [1.807, 2.05) is 0 Å². The Bertz CT molecular complexity index is 564. The normalized spacial score (nSPS) is 23.4. The topological polar surface area (TPSA) is 79.5 Å². The molecule has 1 saturated heterocycles. The van der Waals surface area contributed by atoms with Crippen molar-refractivity contribution in [1.29, 1.82) is 0 Å². The van der Waals surface area contributed by atoms with Gasteiger partial charge in [0.25, 0.3) is 5.91 Å². The fourth-order valence-electron chi connectivity index (χ4n) is 2.08. The average Bonchev–Trinajstić information content (AvgIpc) is 2.94. The van der Waals surface area contributed by atoms with E-state index in [0.717, 1.165) is 11.6 Å². The first-order valence-corrected chi connectivity index (χ1v) is 7.52. The number of ether oxygens (including phenoxy) is 1. The van der Waals surface area contributed by atoms with Crippen molar-refractivity contribution in [3.05, 3.63) is 18.2 Å². The summed E-state index contributed by atoms with van der Waals surface area (Å²) in [5, 5.41) is 8.70. The average molecular weight is 330 g/mol. The van der Waals surface area contributed by atoms with E-state index in [-0.39, 0.29) is 30.3 Å². The van der Waals surface area contributed by atoms with Gasteiger partial charge in [0, 0.05) is 17.3 Å². The molecule has 0 bridgehead atoms. The van der Waals surface area contributed by atoms with Crippen molar-refractivity contribution in [2.24, 2.45) is 0 Å². The van der Waals surface area contributed by atoms with Gasteiger partial charge in [0.1, 0.15) is 5.75 Å². The Kier molecular flexibility index (Phi) is 4.97. The molecule has 2 atom stereocenters. The number of thioether (sulfide) groups is 1. The SMILES string of the molecule is CC1Oc2ccc(NC(=O)C3CSCN3)cc2NC1=O.Cl. The van der Waals surface area contributed by atoms with E-state index in [0.29, 0.717) is 17.1 Å². The Morgan fingerprint density at radius 1 is 1.48 bits per heavy atom. The highest BCUT2D eigenvalue weighted by molar-refractivity contribution is 7.99. The van der Waals surface area contributed by atoms with Crippen molar-refractivity contribution in [2.75, 3.05) is 22.3 Å². The molecule has 2 unspecified atom stereocenters. The van der Waals surface area contributed by atoms with Gasteiger partial charge in [-0.25, -0.2) is 0 Å². The van der Waals surface area contributed by atoms with Gasteiger partial charge in [-0.05, 0) is 25.1 Å². The summed E-state index contributed by atoms with van der Waals surface area (Å²) >= 11 is 1.70. The van der Waals surface area contributed by atoms with E-state index in [1.54, 1.807) is 36.9 Å². The molecule has 6 nitrogen and oxygen atoms in total. The van der Waals surface area contributed by atoms with E-state index in [4.69, 9.17) is 4.74 Å². The Balaban J connectivity index is 0.00000161. The maximum Gasteiger partial charge on any atom is 0.265 e. The van der Waals surface area contributed by atoms with Crippen LogP contribution in [0.3, 0.4) is 0 Å². The van der Waals surface area contributed by atoms with E-state index in [1.165, 1.54) is 0 Å². The summed E-state index contributed by atoms with van der Waals surface area (Å²) in [6, 6.07) is 5.06. The molecule has 0 aromatic heterocycles. The van der Waals surface area contributed by atoms with Crippen LogP contribution >= 0.6 is 24.2 Å². The highest BCUT2D eigenvalue weighted by atomic mass is 35.5. The maximum atomic E-state index is 12.0. The first-order valence-electron chi connectivity index (χ1n) is 6.37. The molecule has 2 heterocycles. The third-order valence-electron chi connectivity index (χ3n) is 3.21. The highest BCUT2D eigenvalue weighted by Crippen LogP contribution is 2.32. The third kappa shape index (κ3) is 3.42. The molecule has 1 aromatic rings. The number of rotatable bonds is 2. The number of carbonyl (C=O) groups excluding carboxylic acids is 2. The van der Waals surface area contributed by atoms with Crippen LogP contribution in [0.15, 0.2) is 18.2 Å². The predicted octanol–water partition coefficient (Wildman–Crippen LogP) is 1.43. The number of hydrogen-bond donors (Lipinski definition) is 3. The number of amides is 2. The summed E-state index contributed by atoms with van der Waals surface area (Å²) in [5.74, 6) is 1.93. The second-order valence-corrected chi connectivity index (χ2v) is 5.75. The first kappa shape index (κ1) is 15.9. The van der Waals surface area contributed by atoms with Gasteiger partial charge in [-0.2, -0.15) is 0 Å². The van der Waals surface area contributed by atoms with Crippen LogP contribution in [-0.2, 0) is 9.59 Å². The second-order valence-electron chi connectivity index (χ2n) is 4.72. The van der Waals surface area contributed by atoms with Crippen LogP contribution in [0.4, 0.5) is 11.4 Å². The molecule has 2 amide bonds. The summed E-state index contributed by atoms with van der Waals surface area (Å²) in [6.07, 6.45) is -0.498. The largest absolute Gasteiger partial charge is 0.479 e. The zero-order valence-electron chi connectivity index (χ0n) is 11.3. The van der Waals surface area contributed by atoms with E-state index < -0.39 is 6.10 Å². The molecule has 0 radical (unpaired) electrons. The molecule has 8 heteroatoms. The molecule has 0 saturated carbocycles. The summed E-state index contributed by atoms with van der Waals surface area (Å²) in [7, 11) is 0. The zero-order valence-corrected chi connectivity index (χ0v) is 13.0. The molecule has 1 aromatic carbocycles. The fourth-order valence-corrected chi connectivity index (χ4v) is 3.02. The van der Waals surface area contributed by atoms with E-state index in [2.05, 4.69) is 16.0 Å². The molecular formula is C13H16ClN3O3S. The Hall–Kier alpha value is -1.44. The van der Waals surface area contributed by atoms with Gasteiger partial charge in [-0.15, -0.1) is 24.2 Å². The number of hydrogen-bond acceptors (Lipinski definition) is 5. The van der Waals surface area contributed by atoms with E-state index in [9.17, 15) is 9.59 Å². The molecular weight excluding hydrogens is 314 g/mol. The van der Waals surface area contributed by atoms with Gasteiger partial charge in [0.2, 0.25) is 5.91 Å². The van der Waals surface area contributed by atoms with Crippen LogP contribution in [0.25, 0.3) is 0 Å². The van der Waals surface area contributed by atoms with Crippen molar-refractivity contribution in [3.63, 3.8) is 0 Å². The smallest absolute Gasteiger partial charge is 0.265 e. The molecule has 114 valence electrons. The van der Waals surface area contributed by atoms with E-state index >= 15 is 0 Å². The molecule has 21 heavy (non-hydrogen) atoms. The van der Waals surface area contributed by atoms with Crippen molar-refractivity contribution in [3.8, 4) is 5.75 Å². The van der Waals surface area contributed by atoms with Crippen LogP contribution in [0.2, 0.25) is 0 Å². The van der Waals surface area contributed by atoms with Gasteiger partial charge >= 0.3 is 0 Å². The number of carbonyl (C=O) groups is 2. The van der Waals surface area contributed by atoms with Crippen molar-refractivity contribution >= 4 is 47.4 Å². The Morgan fingerprint density at radius 2 is 2.29 bits per heavy atom. The van der Waals surface area contributed by atoms with Gasteiger partial charge in [0.15, 0.2) is 6.10 Å². The van der Waals surface area contributed by atoms with Crippen LogP contribution in [0.5, 0.6) is 5.75 Å². The number of fused-ring (bicyclic) bond motifs is 1. The van der Waals surface area contributed by atoms with Crippen LogP contribution in [0.1, 0.15) is 6.92 Å². The monoisotopic (exact) mass is 329 g/mol. The summed E-state index contributed by atoms with van der Waals surface area (Å²) < 4.78 is 5.46. The number of anilines is 2. The Labute approximate surface area is 132 Å². The van der Waals surface area contributed by atoms with Crippen molar-refractivity contribution in [1.82, 2.24) is 5.32 Å². The molecule has 0 spiro atoms. The number of benzene rings is 1. The summed E-state index contributed by atoms with van der Waals surface area (Å²) in [5.41, 5.74) is 1.23. The first-order chi connectivity index (χ1) is 9.63. The lowest BCUT2D eigenvalue weighted by Crippen LogP contribution is -2.37. The second kappa shape index (κ2) is 6.55. The lowest BCUT2D eigenvalue weighted by molar-refractivity contribution is -0.122. The molecule has 3 N–H and O–H groups in total. The number of halogens is 1. The van der Waals surface area contributed by atoms with Gasteiger partial charge in [-0.3, -0.25) is 14.9 Å². The molecule has 2 aliphatic heterocycles. The molecule has 1 fully saturated rings. The highest BCUT2D eigenvalue weighted by Gasteiger charge is 2.25. The van der Waals surface area contributed by atoms with Crippen LogP contribution in [0, 0.1) is 0 Å².